The van der Waals surface area contributed by atoms with Gasteiger partial charge in [0.05, 0.1) is 6.04 Å². The zero-order valence-corrected chi connectivity index (χ0v) is 14.6. The molecule has 3 nitrogen and oxygen atoms in total. The van der Waals surface area contributed by atoms with E-state index in [1.54, 1.807) is 6.20 Å². The smallest absolute Gasteiger partial charge is 0.0515 e. The molecule has 20 heavy (non-hydrogen) atoms. The van der Waals surface area contributed by atoms with Crippen molar-refractivity contribution in [1.82, 2.24) is 10.4 Å². The highest BCUT2D eigenvalue weighted by Gasteiger charge is 2.13. The fraction of sp³-hybridized carbons (Fsp3) is 0.267. The second-order valence-corrected chi connectivity index (χ2v) is 6.57. The van der Waals surface area contributed by atoms with Crippen molar-refractivity contribution in [2.45, 2.75) is 26.3 Å². The van der Waals surface area contributed by atoms with E-state index < -0.39 is 0 Å². The summed E-state index contributed by atoms with van der Waals surface area (Å²) in [6.07, 6.45) is 2.56. The first-order chi connectivity index (χ1) is 9.51. The molecular formula is C15H17Br2N3. The third-order valence-corrected chi connectivity index (χ3v) is 4.98. The van der Waals surface area contributed by atoms with E-state index in [2.05, 4.69) is 68.2 Å². The van der Waals surface area contributed by atoms with Crippen LogP contribution in [0.15, 0.2) is 39.4 Å². The quantitative estimate of drug-likeness (QED) is 0.605. The molecule has 1 aromatic heterocycles. The minimum Gasteiger partial charge on any atom is -0.271 e. The Morgan fingerprint density at radius 3 is 2.35 bits per heavy atom. The molecule has 0 amide bonds. The first-order valence-corrected chi connectivity index (χ1v) is 7.93. The Morgan fingerprint density at radius 2 is 1.85 bits per heavy atom. The zero-order chi connectivity index (χ0) is 14.7. The van der Waals surface area contributed by atoms with Crippen molar-refractivity contribution in [3.05, 3.63) is 61.8 Å². The maximum absolute atomic E-state index is 5.72. The summed E-state index contributed by atoms with van der Waals surface area (Å²) in [5.74, 6) is 5.72. The second kappa shape index (κ2) is 6.80. The van der Waals surface area contributed by atoms with Crippen molar-refractivity contribution < 1.29 is 0 Å². The molecule has 2 rings (SSSR count). The van der Waals surface area contributed by atoms with Crippen LogP contribution >= 0.6 is 31.9 Å². The molecule has 1 unspecified atom stereocenters. The second-order valence-electron chi connectivity index (χ2n) is 4.86. The van der Waals surface area contributed by atoms with Gasteiger partial charge in [0.15, 0.2) is 0 Å². The normalized spacial score (nSPS) is 12.4. The Morgan fingerprint density at radius 1 is 1.20 bits per heavy atom. The van der Waals surface area contributed by atoms with Gasteiger partial charge >= 0.3 is 0 Å². The number of hydrazine groups is 1. The SMILES string of the molecule is Cc1cc(C(Cc2ccc(Br)cn2)NN)cc(C)c1Br. The minimum absolute atomic E-state index is 0.0502. The molecular weight excluding hydrogens is 382 g/mol. The lowest BCUT2D eigenvalue weighted by Gasteiger charge is -2.18. The average molecular weight is 399 g/mol. The van der Waals surface area contributed by atoms with Crippen LogP contribution in [-0.4, -0.2) is 4.98 Å². The molecule has 0 fully saturated rings. The lowest BCUT2D eigenvalue weighted by molar-refractivity contribution is 0.545. The van der Waals surface area contributed by atoms with Crippen LogP contribution in [0, 0.1) is 13.8 Å². The van der Waals surface area contributed by atoms with E-state index >= 15 is 0 Å². The van der Waals surface area contributed by atoms with Gasteiger partial charge < -0.3 is 0 Å². The molecule has 0 saturated carbocycles. The van der Waals surface area contributed by atoms with Gasteiger partial charge in [-0.15, -0.1) is 0 Å². The van der Waals surface area contributed by atoms with Crippen LogP contribution in [0.3, 0.4) is 0 Å². The van der Waals surface area contributed by atoms with Crippen molar-refractivity contribution in [2.75, 3.05) is 0 Å². The Bertz CT molecular complexity index is 574. The van der Waals surface area contributed by atoms with Gasteiger partial charge in [0, 0.05) is 27.3 Å². The number of hydrogen-bond donors (Lipinski definition) is 2. The number of pyridine rings is 1. The number of nitrogens with zero attached hydrogens (tertiary/aromatic N) is 1. The number of rotatable bonds is 4. The predicted octanol–water partition coefficient (Wildman–Crippen LogP) is 3.97. The number of aryl methyl sites for hydroxylation is 2. The Hall–Kier alpha value is -0.750. The van der Waals surface area contributed by atoms with Gasteiger partial charge in [0.1, 0.15) is 0 Å². The number of aromatic nitrogens is 1. The van der Waals surface area contributed by atoms with E-state index in [4.69, 9.17) is 5.84 Å². The van der Waals surface area contributed by atoms with Crippen molar-refractivity contribution in [3.8, 4) is 0 Å². The van der Waals surface area contributed by atoms with Crippen LogP contribution in [0.5, 0.6) is 0 Å². The van der Waals surface area contributed by atoms with Crippen LogP contribution in [0.4, 0.5) is 0 Å². The Labute approximate surface area is 136 Å². The highest BCUT2D eigenvalue weighted by molar-refractivity contribution is 9.10. The highest BCUT2D eigenvalue weighted by atomic mass is 79.9. The van der Waals surface area contributed by atoms with Gasteiger partial charge in [0.25, 0.3) is 0 Å². The summed E-state index contributed by atoms with van der Waals surface area (Å²) in [4.78, 5) is 4.40. The number of hydrogen-bond acceptors (Lipinski definition) is 3. The van der Waals surface area contributed by atoms with Crippen molar-refractivity contribution in [1.29, 1.82) is 0 Å². The molecule has 0 aliphatic carbocycles. The number of halogens is 2. The van der Waals surface area contributed by atoms with Crippen LogP contribution in [0.1, 0.15) is 28.4 Å². The van der Waals surface area contributed by atoms with Crippen molar-refractivity contribution in [3.63, 3.8) is 0 Å². The zero-order valence-electron chi connectivity index (χ0n) is 11.5. The van der Waals surface area contributed by atoms with Gasteiger partial charge in [-0.05, 0) is 58.6 Å². The Balaban J connectivity index is 2.26. The average Bonchev–Trinajstić information content (AvgIpc) is 2.43. The molecule has 1 atom stereocenters. The maximum atomic E-state index is 5.72. The van der Waals surface area contributed by atoms with Gasteiger partial charge in [-0.1, -0.05) is 28.1 Å². The standard InChI is InChI=1S/C15H17Br2N3/c1-9-5-11(6-10(2)15(9)17)14(20-18)7-13-4-3-12(16)8-19-13/h3-6,8,14,20H,7,18H2,1-2H3. The van der Waals surface area contributed by atoms with Gasteiger partial charge in [0.2, 0.25) is 0 Å². The summed E-state index contributed by atoms with van der Waals surface area (Å²) in [7, 11) is 0. The van der Waals surface area contributed by atoms with Gasteiger partial charge in [-0.25, -0.2) is 0 Å². The largest absolute Gasteiger partial charge is 0.271 e. The van der Waals surface area contributed by atoms with Crippen LogP contribution in [0.25, 0.3) is 0 Å². The number of nitrogens with one attached hydrogen (secondary N) is 1. The topological polar surface area (TPSA) is 50.9 Å². The summed E-state index contributed by atoms with van der Waals surface area (Å²) in [6, 6.07) is 8.36. The molecule has 0 radical (unpaired) electrons. The summed E-state index contributed by atoms with van der Waals surface area (Å²) < 4.78 is 2.13. The molecule has 0 aliphatic heterocycles. The van der Waals surface area contributed by atoms with E-state index in [1.165, 1.54) is 16.7 Å². The summed E-state index contributed by atoms with van der Waals surface area (Å²) >= 11 is 6.98. The molecule has 0 spiro atoms. The minimum atomic E-state index is 0.0502. The molecule has 1 heterocycles. The fourth-order valence-electron chi connectivity index (χ4n) is 2.19. The fourth-order valence-corrected chi connectivity index (χ4v) is 2.65. The summed E-state index contributed by atoms with van der Waals surface area (Å²) in [5, 5.41) is 0. The third kappa shape index (κ3) is 3.67. The first kappa shape index (κ1) is 15.6. The first-order valence-electron chi connectivity index (χ1n) is 6.34. The molecule has 5 heteroatoms. The lowest BCUT2D eigenvalue weighted by Crippen LogP contribution is -2.30. The molecule has 3 N–H and O–H groups in total. The van der Waals surface area contributed by atoms with Crippen LogP contribution in [0.2, 0.25) is 0 Å². The van der Waals surface area contributed by atoms with Crippen molar-refractivity contribution in [2.24, 2.45) is 5.84 Å². The van der Waals surface area contributed by atoms with Gasteiger partial charge in [-0.2, -0.15) is 0 Å². The van der Waals surface area contributed by atoms with Crippen molar-refractivity contribution >= 4 is 31.9 Å². The van der Waals surface area contributed by atoms with E-state index in [9.17, 15) is 0 Å². The van der Waals surface area contributed by atoms with E-state index in [-0.39, 0.29) is 6.04 Å². The lowest BCUT2D eigenvalue weighted by atomic mass is 9.98. The molecule has 0 bridgehead atoms. The Kier molecular flexibility index (Phi) is 5.32. The number of nitrogens with two attached hydrogens (primary N) is 1. The van der Waals surface area contributed by atoms with Crippen LogP contribution < -0.4 is 11.3 Å². The molecule has 0 aliphatic rings. The highest BCUT2D eigenvalue weighted by Crippen LogP contribution is 2.26. The van der Waals surface area contributed by atoms with E-state index in [1.807, 2.05) is 12.1 Å². The summed E-state index contributed by atoms with van der Waals surface area (Å²) in [6.45, 7) is 4.18. The molecule has 106 valence electrons. The van der Waals surface area contributed by atoms with E-state index in [0.717, 1.165) is 21.1 Å². The molecule has 2 aromatic rings. The third-order valence-electron chi connectivity index (χ3n) is 3.26. The maximum Gasteiger partial charge on any atom is 0.0515 e. The number of benzene rings is 1. The monoisotopic (exact) mass is 397 g/mol. The molecule has 0 saturated heterocycles. The van der Waals surface area contributed by atoms with E-state index in [0.29, 0.717) is 0 Å². The summed E-state index contributed by atoms with van der Waals surface area (Å²) in [5.41, 5.74) is 7.50. The van der Waals surface area contributed by atoms with Crippen LogP contribution in [-0.2, 0) is 6.42 Å². The molecule has 1 aromatic carbocycles. The predicted molar refractivity (Wildman–Crippen MR) is 89.3 cm³/mol. The van der Waals surface area contributed by atoms with Gasteiger partial charge in [-0.3, -0.25) is 16.3 Å².